The number of amides is 1. The van der Waals surface area contributed by atoms with Gasteiger partial charge in [-0.05, 0) is 29.0 Å². The van der Waals surface area contributed by atoms with Gasteiger partial charge in [-0.1, -0.05) is 18.5 Å². The lowest BCUT2D eigenvalue weighted by Crippen LogP contribution is -2.22. The van der Waals surface area contributed by atoms with E-state index in [1.54, 1.807) is 18.3 Å². The minimum Gasteiger partial charge on any atom is -0.359 e. The number of aryl methyl sites for hydroxylation is 1. The van der Waals surface area contributed by atoms with Crippen molar-refractivity contribution in [2.45, 2.75) is 26.3 Å². The quantitative estimate of drug-likeness (QED) is 0.751. The van der Waals surface area contributed by atoms with Crippen LogP contribution in [0.5, 0.6) is 0 Å². The van der Waals surface area contributed by atoms with Crippen LogP contribution in [0.2, 0.25) is 0 Å². The smallest absolute Gasteiger partial charge is 0.253 e. The first-order chi connectivity index (χ1) is 10.3. The molecule has 0 aliphatic carbocycles. The Kier molecular flexibility index (Phi) is 3.59. The van der Waals surface area contributed by atoms with Gasteiger partial charge in [-0.3, -0.25) is 4.79 Å². The SMILES string of the molecule is CCCc1cc(CNC(=O)c2ccc3nnnn3c2)on1. The summed E-state index contributed by atoms with van der Waals surface area (Å²) in [4.78, 5) is 12.1. The van der Waals surface area contributed by atoms with Crippen molar-refractivity contribution in [1.29, 1.82) is 0 Å². The number of nitrogens with one attached hydrogen (secondary N) is 1. The van der Waals surface area contributed by atoms with Gasteiger partial charge < -0.3 is 9.84 Å². The lowest BCUT2D eigenvalue weighted by Gasteiger charge is -2.02. The molecule has 0 bridgehead atoms. The van der Waals surface area contributed by atoms with Gasteiger partial charge in [0.2, 0.25) is 0 Å². The Hall–Kier alpha value is -2.77. The molecule has 3 aromatic heterocycles. The number of aromatic nitrogens is 5. The summed E-state index contributed by atoms with van der Waals surface area (Å²) in [5.74, 6) is 0.413. The molecule has 1 amide bonds. The minimum absolute atomic E-state index is 0.221. The van der Waals surface area contributed by atoms with Crippen LogP contribution >= 0.6 is 0 Å². The van der Waals surface area contributed by atoms with E-state index in [0.29, 0.717) is 23.5 Å². The third-order valence-electron chi connectivity index (χ3n) is 2.99. The summed E-state index contributed by atoms with van der Waals surface area (Å²) in [5.41, 5.74) is 1.96. The van der Waals surface area contributed by atoms with Gasteiger partial charge in [0.1, 0.15) is 0 Å². The Bertz CT molecular complexity index is 763. The fraction of sp³-hybridized carbons (Fsp3) is 0.308. The topological polar surface area (TPSA) is 98.2 Å². The monoisotopic (exact) mass is 286 g/mol. The van der Waals surface area contributed by atoms with E-state index in [0.717, 1.165) is 18.5 Å². The highest BCUT2D eigenvalue weighted by molar-refractivity contribution is 5.94. The van der Waals surface area contributed by atoms with Crippen molar-refractivity contribution in [3.05, 3.63) is 41.4 Å². The number of tetrazole rings is 1. The van der Waals surface area contributed by atoms with Crippen molar-refractivity contribution in [3.8, 4) is 0 Å². The van der Waals surface area contributed by atoms with Crippen LogP contribution in [-0.4, -0.2) is 31.1 Å². The molecule has 0 saturated heterocycles. The third kappa shape index (κ3) is 2.88. The lowest BCUT2D eigenvalue weighted by molar-refractivity contribution is 0.0946. The lowest BCUT2D eigenvalue weighted by atomic mass is 10.2. The first kappa shape index (κ1) is 13.2. The molecule has 0 spiro atoms. The maximum atomic E-state index is 12.1. The first-order valence-corrected chi connectivity index (χ1v) is 6.66. The van der Waals surface area contributed by atoms with Gasteiger partial charge in [0.25, 0.3) is 5.91 Å². The maximum Gasteiger partial charge on any atom is 0.253 e. The zero-order valence-corrected chi connectivity index (χ0v) is 11.5. The van der Waals surface area contributed by atoms with Gasteiger partial charge in [0, 0.05) is 12.3 Å². The van der Waals surface area contributed by atoms with Crippen LogP contribution in [0.3, 0.4) is 0 Å². The van der Waals surface area contributed by atoms with Gasteiger partial charge in [0.15, 0.2) is 11.4 Å². The van der Waals surface area contributed by atoms with Gasteiger partial charge in [0.05, 0.1) is 17.8 Å². The molecular formula is C13H14N6O2. The summed E-state index contributed by atoms with van der Waals surface area (Å²) >= 11 is 0. The summed E-state index contributed by atoms with van der Waals surface area (Å²) in [6, 6.07) is 5.21. The van der Waals surface area contributed by atoms with E-state index in [1.165, 1.54) is 4.52 Å². The van der Waals surface area contributed by atoms with Gasteiger partial charge >= 0.3 is 0 Å². The number of carbonyl (C=O) groups excluding carboxylic acids is 1. The molecule has 8 nitrogen and oxygen atoms in total. The van der Waals surface area contributed by atoms with Crippen molar-refractivity contribution in [3.63, 3.8) is 0 Å². The van der Waals surface area contributed by atoms with Crippen molar-refractivity contribution in [2.24, 2.45) is 0 Å². The normalized spacial score (nSPS) is 10.9. The molecule has 0 fully saturated rings. The summed E-state index contributed by atoms with van der Waals surface area (Å²) in [5, 5.41) is 17.8. The average Bonchev–Trinajstić information content (AvgIpc) is 3.13. The van der Waals surface area contributed by atoms with E-state index in [1.807, 2.05) is 6.07 Å². The summed E-state index contributed by atoms with van der Waals surface area (Å²) in [6.07, 6.45) is 3.45. The highest BCUT2D eigenvalue weighted by atomic mass is 16.5. The van der Waals surface area contributed by atoms with Crippen LogP contribution in [0.25, 0.3) is 5.65 Å². The molecule has 3 aromatic rings. The van der Waals surface area contributed by atoms with Crippen LogP contribution in [0.4, 0.5) is 0 Å². The van der Waals surface area contributed by atoms with E-state index in [-0.39, 0.29) is 5.91 Å². The number of hydrogen-bond acceptors (Lipinski definition) is 6. The molecule has 3 heterocycles. The molecular weight excluding hydrogens is 272 g/mol. The summed E-state index contributed by atoms with van der Waals surface area (Å²) in [7, 11) is 0. The molecule has 0 atom stereocenters. The van der Waals surface area contributed by atoms with Gasteiger partial charge in [-0.15, -0.1) is 5.10 Å². The van der Waals surface area contributed by atoms with Gasteiger partial charge in [-0.2, -0.15) is 4.52 Å². The van der Waals surface area contributed by atoms with Crippen LogP contribution < -0.4 is 5.32 Å². The second kappa shape index (κ2) is 5.70. The van der Waals surface area contributed by atoms with Crippen molar-refractivity contribution in [1.82, 2.24) is 30.5 Å². The maximum absolute atomic E-state index is 12.1. The predicted molar refractivity (Wildman–Crippen MR) is 72.5 cm³/mol. The standard InChI is InChI=1S/C13H14N6O2/c1-2-3-10-6-11(21-16-10)7-14-13(20)9-4-5-12-15-17-18-19(12)8-9/h4-6,8H,2-3,7H2,1H3,(H,14,20). The molecule has 0 radical (unpaired) electrons. The highest BCUT2D eigenvalue weighted by Gasteiger charge is 2.09. The Morgan fingerprint density at radius 2 is 2.33 bits per heavy atom. The van der Waals surface area contributed by atoms with Crippen molar-refractivity contribution in [2.75, 3.05) is 0 Å². The van der Waals surface area contributed by atoms with Crippen LogP contribution in [0.15, 0.2) is 28.9 Å². The van der Waals surface area contributed by atoms with E-state index in [2.05, 4.69) is 32.9 Å². The van der Waals surface area contributed by atoms with E-state index in [4.69, 9.17) is 4.52 Å². The fourth-order valence-electron chi connectivity index (χ4n) is 1.96. The largest absolute Gasteiger partial charge is 0.359 e. The third-order valence-corrected chi connectivity index (χ3v) is 2.99. The summed E-state index contributed by atoms with van der Waals surface area (Å²) < 4.78 is 6.61. The van der Waals surface area contributed by atoms with Gasteiger partial charge in [-0.25, -0.2) is 0 Å². The molecule has 0 aromatic carbocycles. The summed E-state index contributed by atoms with van der Waals surface area (Å²) in [6.45, 7) is 2.37. The Morgan fingerprint density at radius 3 is 3.19 bits per heavy atom. The molecule has 3 rings (SSSR count). The molecule has 21 heavy (non-hydrogen) atoms. The zero-order valence-electron chi connectivity index (χ0n) is 11.5. The van der Waals surface area contributed by atoms with Crippen LogP contribution in [0.1, 0.15) is 35.2 Å². The predicted octanol–water partition coefficient (Wildman–Crippen LogP) is 0.995. The number of carbonyl (C=O) groups is 1. The molecule has 8 heteroatoms. The number of pyridine rings is 1. The zero-order chi connectivity index (χ0) is 14.7. The molecule has 0 aliphatic heterocycles. The molecule has 0 unspecified atom stereocenters. The van der Waals surface area contributed by atoms with E-state index < -0.39 is 0 Å². The number of rotatable bonds is 5. The van der Waals surface area contributed by atoms with Crippen molar-refractivity contribution < 1.29 is 9.32 Å². The Morgan fingerprint density at radius 1 is 1.43 bits per heavy atom. The fourth-order valence-corrected chi connectivity index (χ4v) is 1.96. The van der Waals surface area contributed by atoms with Crippen LogP contribution in [-0.2, 0) is 13.0 Å². The molecule has 0 aliphatic rings. The first-order valence-electron chi connectivity index (χ1n) is 6.66. The molecule has 108 valence electrons. The van der Waals surface area contributed by atoms with Crippen molar-refractivity contribution >= 4 is 11.6 Å². The molecule has 1 N–H and O–H groups in total. The highest BCUT2D eigenvalue weighted by Crippen LogP contribution is 2.07. The van der Waals surface area contributed by atoms with Crippen LogP contribution in [0, 0.1) is 0 Å². The number of fused-ring (bicyclic) bond motifs is 1. The van der Waals surface area contributed by atoms with E-state index >= 15 is 0 Å². The Balaban J connectivity index is 1.65. The number of nitrogens with zero attached hydrogens (tertiary/aromatic N) is 5. The minimum atomic E-state index is -0.221. The Labute approximate surface area is 120 Å². The molecule has 0 saturated carbocycles. The van der Waals surface area contributed by atoms with E-state index in [9.17, 15) is 4.79 Å². The second-order valence-corrected chi connectivity index (χ2v) is 4.62. The second-order valence-electron chi connectivity index (χ2n) is 4.62. The average molecular weight is 286 g/mol. The number of hydrogen-bond donors (Lipinski definition) is 1.